The number of nitrogens with one attached hydrogen (secondary N) is 1. The lowest BCUT2D eigenvalue weighted by Crippen LogP contribution is -1.97. The second-order valence-electron chi connectivity index (χ2n) is 4.84. The lowest BCUT2D eigenvalue weighted by Gasteiger charge is -2.07. The molecule has 3 nitrogen and oxygen atoms in total. The van der Waals surface area contributed by atoms with Crippen LogP contribution < -0.4 is 5.32 Å². The van der Waals surface area contributed by atoms with Crippen LogP contribution in [0.3, 0.4) is 0 Å². The van der Waals surface area contributed by atoms with Crippen LogP contribution in [0.2, 0.25) is 0 Å². The van der Waals surface area contributed by atoms with Gasteiger partial charge in [-0.25, -0.2) is 0 Å². The van der Waals surface area contributed by atoms with Crippen molar-refractivity contribution >= 4 is 11.8 Å². The van der Waals surface area contributed by atoms with Crippen molar-refractivity contribution in [3.05, 3.63) is 29.3 Å². The molecule has 3 N–H and O–H groups in total. The van der Waals surface area contributed by atoms with E-state index in [9.17, 15) is 5.11 Å². The summed E-state index contributed by atoms with van der Waals surface area (Å²) in [6.07, 6.45) is 1.11. The van der Waals surface area contributed by atoms with Crippen LogP contribution in [0.25, 0.3) is 0 Å². The average molecular weight is 267 g/mol. The van der Waals surface area contributed by atoms with Gasteiger partial charge >= 0.3 is 0 Å². The molecular formula is C14H21NO2S. The number of phenols is 1. The van der Waals surface area contributed by atoms with Crippen molar-refractivity contribution < 1.29 is 10.2 Å². The lowest BCUT2D eigenvalue weighted by molar-refractivity contribution is 0.322. The van der Waals surface area contributed by atoms with E-state index in [-0.39, 0.29) is 6.61 Å². The number of hydrogen-bond donors (Lipinski definition) is 3. The van der Waals surface area contributed by atoms with Gasteiger partial charge in [0.1, 0.15) is 5.75 Å². The summed E-state index contributed by atoms with van der Waals surface area (Å²) in [5.74, 6) is 2.69. The Morgan fingerprint density at radius 2 is 2.11 bits per heavy atom. The number of rotatable bonds is 3. The van der Waals surface area contributed by atoms with E-state index in [1.54, 1.807) is 6.07 Å². The molecule has 1 aromatic rings. The Bertz CT molecular complexity index is 411. The second kappa shape index (κ2) is 5.95. The van der Waals surface area contributed by atoms with Crippen molar-refractivity contribution in [2.24, 2.45) is 5.92 Å². The highest BCUT2D eigenvalue weighted by Crippen LogP contribution is 2.62. The fraction of sp³-hybridized carbons (Fsp3) is 0.571. The monoisotopic (exact) mass is 267 g/mol. The van der Waals surface area contributed by atoms with E-state index in [0.29, 0.717) is 16.9 Å². The fourth-order valence-electron chi connectivity index (χ4n) is 2.76. The molecule has 2 aliphatic rings. The number of benzene rings is 1. The average Bonchev–Trinajstić information content (AvgIpc) is 2.87. The van der Waals surface area contributed by atoms with Crippen LogP contribution in [0, 0.1) is 5.92 Å². The number of thioether (sulfide) groups is 1. The van der Waals surface area contributed by atoms with Gasteiger partial charge in [-0.3, -0.25) is 0 Å². The number of fused-ring (bicyclic) bond motifs is 3. The van der Waals surface area contributed by atoms with Crippen molar-refractivity contribution in [2.75, 3.05) is 26.5 Å². The van der Waals surface area contributed by atoms with Gasteiger partial charge in [0.25, 0.3) is 0 Å². The van der Waals surface area contributed by atoms with Crippen LogP contribution in [0.5, 0.6) is 5.75 Å². The third-order valence-electron chi connectivity index (χ3n) is 3.44. The Hall–Kier alpha value is -0.710. The van der Waals surface area contributed by atoms with E-state index < -0.39 is 0 Å². The predicted octanol–water partition coefficient (Wildman–Crippen LogP) is 1.59. The van der Waals surface area contributed by atoms with Crippen molar-refractivity contribution in [1.29, 1.82) is 0 Å². The third kappa shape index (κ3) is 2.66. The summed E-state index contributed by atoms with van der Waals surface area (Å²) < 4.78 is 0. The van der Waals surface area contributed by atoms with Gasteiger partial charge < -0.3 is 15.5 Å². The summed E-state index contributed by atoms with van der Waals surface area (Å²) in [6.45, 7) is 0.281. The van der Waals surface area contributed by atoms with Crippen molar-refractivity contribution in [1.82, 2.24) is 5.32 Å². The van der Waals surface area contributed by atoms with Crippen molar-refractivity contribution in [3.63, 3.8) is 0 Å². The van der Waals surface area contributed by atoms with Gasteiger partial charge in [-0.2, -0.15) is 11.8 Å². The van der Waals surface area contributed by atoms with Gasteiger partial charge in [-0.05, 0) is 49.7 Å². The van der Waals surface area contributed by atoms with E-state index in [4.69, 9.17) is 5.11 Å². The number of aliphatic hydroxyl groups is 1. The van der Waals surface area contributed by atoms with Gasteiger partial charge in [-0.15, -0.1) is 0 Å². The molecule has 0 heterocycles. The Morgan fingerprint density at radius 3 is 2.78 bits per heavy atom. The summed E-state index contributed by atoms with van der Waals surface area (Å²) >= 11 is 1.89. The topological polar surface area (TPSA) is 52.5 Å². The van der Waals surface area contributed by atoms with Crippen LogP contribution in [-0.2, 0) is 6.42 Å². The van der Waals surface area contributed by atoms with E-state index in [1.807, 2.05) is 31.9 Å². The maximum absolute atomic E-state index is 9.37. The van der Waals surface area contributed by atoms with Crippen molar-refractivity contribution in [2.45, 2.75) is 17.6 Å². The number of phenolic OH excluding ortho intramolecular Hbond substituents is 1. The smallest absolute Gasteiger partial charge is 0.115 e. The molecule has 0 radical (unpaired) electrons. The van der Waals surface area contributed by atoms with Gasteiger partial charge in [0.15, 0.2) is 0 Å². The molecule has 0 spiro atoms. The molecule has 4 heteroatoms. The summed E-state index contributed by atoms with van der Waals surface area (Å²) in [6, 6.07) is 5.75. The molecule has 0 amide bonds. The zero-order valence-electron chi connectivity index (χ0n) is 10.9. The number of aliphatic hydroxyl groups excluding tert-OH is 1. The van der Waals surface area contributed by atoms with Crippen LogP contribution in [0.15, 0.2) is 18.2 Å². The zero-order valence-corrected chi connectivity index (χ0v) is 11.7. The molecule has 18 heavy (non-hydrogen) atoms. The summed E-state index contributed by atoms with van der Waals surface area (Å²) in [5, 5.41) is 21.6. The first-order valence-corrected chi connectivity index (χ1v) is 7.40. The highest BCUT2D eigenvalue weighted by molar-refractivity contribution is 8.00. The maximum Gasteiger partial charge on any atom is 0.115 e. The minimum absolute atomic E-state index is 0.281. The first-order chi connectivity index (χ1) is 8.72. The van der Waals surface area contributed by atoms with E-state index in [2.05, 4.69) is 11.4 Å². The maximum atomic E-state index is 9.37. The Morgan fingerprint density at radius 1 is 1.39 bits per heavy atom. The van der Waals surface area contributed by atoms with Crippen LogP contribution in [-0.4, -0.2) is 41.9 Å². The van der Waals surface area contributed by atoms with Crippen molar-refractivity contribution in [3.8, 4) is 5.75 Å². The third-order valence-corrected chi connectivity index (χ3v) is 4.89. The molecule has 0 aromatic heterocycles. The molecule has 0 aliphatic heterocycles. The van der Waals surface area contributed by atoms with Gasteiger partial charge in [0.05, 0.1) is 6.61 Å². The Balaban J connectivity index is 0.000000367. The standard InChI is InChI=1S/C12H14O2S.C2H7N/c13-3-4-15-12-10-6-7-5-8(14)1-2-9(7)11(10)12;1-3-2/h1-2,5,10-14H,3-4,6H2;3H,1-2H3. The molecule has 0 saturated heterocycles. The minimum Gasteiger partial charge on any atom is -0.508 e. The zero-order chi connectivity index (χ0) is 13.1. The number of aromatic hydroxyl groups is 1. The lowest BCUT2D eigenvalue weighted by atomic mass is 10.1. The summed E-state index contributed by atoms with van der Waals surface area (Å²) in [7, 11) is 3.75. The molecular weight excluding hydrogens is 246 g/mol. The normalized spacial score (nSPS) is 26.9. The quantitative estimate of drug-likeness (QED) is 0.778. The molecule has 2 aliphatic carbocycles. The van der Waals surface area contributed by atoms with E-state index >= 15 is 0 Å². The van der Waals surface area contributed by atoms with Gasteiger partial charge in [-0.1, -0.05) is 6.07 Å². The molecule has 1 aromatic carbocycles. The van der Waals surface area contributed by atoms with Crippen LogP contribution in [0.1, 0.15) is 17.0 Å². The van der Waals surface area contributed by atoms with E-state index in [1.165, 1.54) is 11.1 Å². The molecule has 0 bridgehead atoms. The highest BCUT2D eigenvalue weighted by atomic mass is 32.2. The molecule has 1 saturated carbocycles. The van der Waals surface area contributed by atoms with E-state index in [0.717, 1.165) is 18.1 Å². The number of hydrogen-bond acceptors (Lipinski definition) is 4. The molecule has 100 valence electrons. The molecule has 3 unspecified atom stereocenters. The summed E-state index contributed by atoms with van der Waals surface area (Å²) in [5.41, 5.74) is 2.75. The second-order valence-corrected chi connectivity index (χ2v) is 6.12. The van der Waals surface area contributed by atoms with Gasteiger partial charge in [0, 0.05) is 16.9 Å². The van der Waals surface area contributed by atoms with Gasteiger partial charge in [0.2, 0.25) is 0 Å². The molecule has 3 atom stereocenters. The highest BCUT2D eigenvalue weighted by Gasteiger charge is 2.55. The predicted molar refractivity (Wildman–Crippen MR) is 76.4 cm³/mol. The molecule has 3 rings (SSSR count). The van der Waals surface area contributed by atoms with Crippen LogP contribution in [0.4, 0.5) is 0 Å². The SMILES string of the molecule is CNC.OCCSC1C2Cc3cc(O)ccc3C21. The largest absolute Gasteiger partial charge is 0.508 e. The minimum atomic E-state index is 0.281. The summed E-state index contributed by atoms with van der Waals surface area (Å²) in [4.78, 5) is 0. The first-order valence-electron chi connectivity index (χ1n) is 6.35. The Kier molecular flexibility index (Phi) is 4.54. The first kappa shape index (κ1) is 13.7. The molecule has 1 fully saturated rings. The Labute approximate surface area is 113 Å². The van der Waals surface area contributed by atoms with Crippen LogP contribution >= 0.6 is 11.8 Å². The fourth-order valence-corrected chi connectivity index (χ4v) is 4.11.